The van der Waals surface area contributed by atoms with E-state index in [1.807, 2.05) is 0 Å². The molecule has 0 saturated carbocycles. The quantitative estimate of drug-likeness (QED) is 0.783. The predicted octanol–water partition coefficient (Wildman–Crippen LogP) is 1.96. The van der Waals surface area contributed by atoms with Crippen LogP contribution >= 0.6 is 12.2 Å². The van der Waals surface area contributed by atoms with Gasteiger partial charge in [0.1, 0.15) is 17.3 Å². The topological polar surface area (TPSA) is 35.2 Å². The molecule has 0 amide bonds. The van der Waals surface area contributed by atoms with Crippen LogP contribution in [0, 0.1) is 0 Å². The van der Waals surface area contributed by atoms with Gasteiger partial charge in [0.15, 0.2) is 0 Å². The van der Waals surface area contributed by atoms with Gasteiger partial charge in [-0.1, -0.05) is 12.2 Å². The average molecular weight is 217 g/mol. The van der Waals surface area contributed by atoms with Crippen molar-refractivity contribution in [2.75, 3.05) is 6.61 Å². The van der Waals surface area contributed by atoms with Gasteiger partial charge in [-0.15, -0.1) is 0 Å². The van der Waals surface area contributed by atoms with Crippen LogP contribution in [0.4, 0.5) is 8.78 Å². The van der Waals surface area contributed by atoms with E-state index < -0.39 is 13.0 Å². The first kappa shape index (κ1) is 10.8. The molecule has 2 nitrogen and oxygen atoms in total. The molecule has 0 spiro atoms. The Morgan fingerprint density at radius 3 is 2.36 bits per heavy atom. The van der Waals surface area contributed by atoms with Gasteiger partial charge in [-0.25, -0.2) is 8.78 Å². The second-order valence-electron chi connectivity index (χ2n) is 2.59. The van der Waals surface area contributed by atoms with E-state index in [2.05, 4.69) is 0 Å². The third-order valence-electron chi connectivity index (χ3n) is 1.51. The van der Waals surface area contributed by atoms with E-state index >= 15 is 0 Å². The highest BCUT2D eigenvalue weighted by atomic mass is 32.1. The van der Waals surface area contributed by atoms with E-state index in [9.17, 15) is 8.78 Å². The number of benzene rings is 1. The average Bonchev–Trinajstić information content (AvgIpc) is 2.15. The van der Waals surface area contributed by atoms with E-state index in [0.29, 0.717) is 11.3 Å². The largest absolute Gasteiger partial charge is 0.488 e. The summed E-state index contributed by atoms with van der Waals surface area (Å²) in [4.78, 5) is 0.269. The van der Waals surface area contributed by atoms with Gasteiger partial charge in [-0.2, -0.15) is 0 Å². The van der Waals surface area contributed by atoms with Crippen molar-refractivity contribution in [1.29, 1.82) is 0 Å². The van der Waals surface area contributed by atoms with Crippen molar-refractivity contribution in [3.63, 3.8) is 0 Å². The Balaban J connectivity index is 2.60. The van der Waals surface area contributed by atoms with Gasteiger partial charge in [-0.05, 0) is 24.3 Å². The molecule has 0 aliphatic heterocycles. The summed E-state index contributed by atoms with van der Waals surface area (Å²) >= 11 is 4.73. The van der Waals surface area contributed by atoms with Crippen molar-refractivity contribution in [3.8, 4) is 5.75 Å². The number of alkyl halides is 2. The van der Waals surface area contributed by atoms with Crippen LogP contribution in [0.3, 0.4) is 0 Å². The van der Waals surface area contributed by atoms with Crippen LogP contribution in [0.5, 0.6) is 5.75 Å². The molecule has 2 N–H and O–H groups in total. The first-order chi connectivity index (χ1) is 6.59. The summed E-state index contributed by atoms with van der Waals surface area (Å²) in [6.45, 7) is -0.605. The molecule has 1 aromatic carbocycles. The Hall–Kier alpha value is -1.23. The number of halogens is 2. The summed E-state index contributed by atoms with van der Waals surface area (Å²) in [6, 6.07) is 6.36. The molecule has 14 heavy (non-hydrogen) atoms. The Labute approximate surface area is 85.7 Å². The molecule has 0 heterocycles. The Kier molecular flexibility index (Phi) is 3.76. The van der Waals surface area contributed by atoms with E-state index in [-0.39, 0.29) is 4.99 Å². The minimum atomic E-state index is -2.47. The second kappa shape index (κ2) is 4.85. The highest BCUT2D eigenvalue weighted by molar-refractivity contribution is 7.80. The van der Waals surface area contributed by atoms with Gasteiger partial charge in [0.25, 0.3) is 6.43 Å². The fourth-order valence-electron chi connectivity index (χ4n) is 0.875. The smallest absolute Gasteiger partial charge is 0.272 e. The number of rotatable bonds is 4. The maximum Gasteiger partial charge on any atom is 0.272 e. The molecule has 0 aliphatic rings. The lowest BCUT2D eigenvalue weighted by Crippen LogP contribution is -2.10. The van der Waals surface area contributed by atoms with Crippen molar-refractivity contribution in [2.45, 2.75) is 6.43 Å². The molecule has 5 heteroatoms. The minimum Gasteiger partial charge on any atom is -0.488 e. The molecule has 0 bridgehead atoms. The fraction of sp³-hybridized carbons (Fsp3) is 0.222. The van der Waals surface area contributed by atoms with Crippen LogP contribution in [0.1, 0.15) is 5.56 Å². The summed E-state index contributed by atoms with van der Waals surface area (Å²) in [5.41, 5.74) is 6.04. The first-order valence-electron chi connectivity index (χ1n) is 3.90. The van der Waals surface area contributed by atoms with Crippen molar-refractivity contribution in [2.24, 2.45) is 5.73 Å². The van der Waals surface area contributed by atoms with E-state index in [1.165, 1.54) is 0 Å². The molecule has 1 aromatic rings. The van der Waals surface area contributed by atoms with Gasteiger partial charge >= 0.3 is 0 Å². The van der Waals surface area contributed by atoms with Gasteiger partial charge in [0, 0.05) is 5.56 Å². The molecule has 1 rings (SSSR count). The number of nitrogens with two attached hydrogens (primary N) is 1. The zero-order valence-corrected chi connectivity index (χ0v) is 8.06. The van der Waals surface area contributed by atoms with Crippen LogP contribution in [0.2, 0.25) is 0 Å². The van der Waals surface area contributed by atoms with Crippen LogP contribution in [0.15, 0.2) is 24.3 Å². The highest BCUT2D eigenvalue weighted by Crippen LogP contribution is 2.12. The lowest BCUT2D eigenvalue weighted by molar-refractivity contribution is 0.0819. The molecule has 0 radical (unpaired) electrons. The number of hydrogen-bond donors (Lipinski definition) is 1. The van der Waals surface area contributed by atoms with Crippen molar-refractivity contribution in [3.05, 3.63) is 29.8 Å². The molecular weight excluding hydrogens is 208 g/mol. The third-order valence-corrected chi connectivity index (χ3v) is 1.75. The molecule has 0 atom stereocenters. The van der Waals surface area contributed by atoms with Crippen LogP contribution < -0.4 is 10.5 Å². The lowest BCUT2D eigenvalue weighted by atomic mass is 10.2. The monoisotopic (exact) mass is 217 g/mol. The lowest BCUT2D eigenvalue weighted by Gasteiger charge is -2.05. The number of thiocarbonyl (C=S) groups is 1. The van der Waals surface area contributed by atoms with E-state index in [0.717, 1.165) is 0 Å². The Morgan fingerprint density at radius 1 is 1.36 bits per heavy atom. The van der Waals surface area contributed by atoms with E-state index in [1.54, 1.807) is 24.3 Å². The third kappa shape index (κ3) is 3.26. The van der Waals surface area contributed by atoms with Gasteiger partial charge in [0.05, 0.1) is 0 Å². The molecule has 0 aliphatic carbocycles. The van der Waals surface area contributed by atoms with Crippen molar-refractivity contribution in [1.82, 2.24) is 0 Å². The molecule has 76 valence electrons. The fourth-order valence-corrected chi connectivity index (χ4v) is 1.01. The van der Waals surface area contributed by atoms with E-state index in [4.69, 9.17) is 22.7 Å². The summed E-state index contributed by atoms with van der Waals surface area (Å²) in [5.74, 6) is 0.380. The summed E-state index contributed by atoms with van der Waals surface area (Å²) < 4.78 is 28.3. The zero-order valence-electron chi connectivity index (χ0n) is 7.24. The molecule has 0 saturated heterocycles. The normalized spacial score (nSPS) is 10.2. The maximum atomic E-state index is 11.8. The summed E-state index contributed by atoms with van der Waals surface area (Å²) in [7, 11) is 0. The second-order valence-corrected chi connectivity index (χ2v) is 3.03. The van der Waals surface area contributed by atoms with Crippen LogP contribution in [-0.4, -0.2) is 18.0 Å². The number of hydrogen-bond acceptors (Lipinski definition) is 2. The predicted molar refractivity (Wildman–Crippen MR) is 53.8 cm³/mol. The minimum absolute atomic E-state index is 0.269. The van der Waals surface area contributed by atoms with Crippen LogP contribution in [-0.2, 0) is 0 Å². The van der Waals surface area contributed by atoms with Crippen LogP contribution in [0.25, 0.3) is 0 Å². The standard InChI is InChI=1S/C9H9F2NOS/c10-8(11)5-13-7-3-1-6(2-4-7)9(12)14/h1-4,8H,5H2,(H2,12,14). The molecule has 0 unspecified atom stereocenters. The van der Waals surface area contributed by atoms with Crippen molar-refractivity contribution < 1.29 is 13.5 Å². The number of ether oxygens (including phenoxy) is 1. The van der Waals surface area contributed by atoms with Crippen molar-refractivity contribution >= 4 is 17.2 Å². The molecule has 0 aromatic heterocycles. The Bertz CT molecular complexity index is 313. The summed E-state index contributed by atoms with van der Waals surface area (Å²) in [6.07, 6.45) is -2.47. The maximum absolute atomic E-state index is 11.8. The molecular formula is C9H9F2NOS. The Morgan fingerprint density at radius 2 is 1.93 bits per heavy atom. The SMILES string of the molecule is NC(=S)c1ccc(OCC(F)F)cc1. The van der Waals surface area contributed by atoms with Gasteiger partial charge in [0.2, 0.25) is 0 Å². The highest BCUT2D eigenvalue weighted by Gasteiger charge is 2.03. The zero-order chi connectivity index (χ0) is 10.6. The summed E-state index contributed by atoms with van der Waals surface area (Å²) in [5, 5.41) is 0. The first-order valence-corrected chi connectivity index (χ1v) is 4.31. The van der Waals surface area contributed by atoms with Gasteiger partial charge < -0.3 is 10.5 Å². The molecule has 0 fully saturated rings. The van der Waals surface area contributed by atoms with Gasteiger partial charge in [-0.3, -0.25) is 0 Å².